The van der Waals surface area contributed by atoms with Crippen LogP contribution >= 0.6 is 0 Å². The van der Waals surface area contributed by atoms with Crippen molar-refractivity contribution in [1.29, 1.82) is 0 Å². The zero-order chi connectivity index (χ0) is 18.2. The van der Waals surface area contributed by atoms with Crippen molar-refractivity contribution in [1.82, 2.24) is 5.43 Å². The average Bonchev–Trinajstić information content (AvgIpc) is 2.56. The molecule has 0 aliphatic heterocycles. The largest absolute Gasteiger partial charge is 0.393 e. The van der Waals surface area contributed by atoms with Crippen molar-refractivity contribution in [2.45, 2.75) is 44.4 Å². The monoisotopic (exact) mass is 338 g/mol. The van der Waals surface area contributed by atoms with Gasteiger partial charge in [0.2, 0.25) is 5.91 Å². The molecule has 1 aromatic carbocycles. The van der Waals surface area contributed by atoms with Crippen LogP contribution in [0.25, 0.3) is 0 Å². The molecule has 0 bridgehead atoms. The highest BCUT2D eigenvalue weighted by Gasteiger charge is 2.33. The van der Waals surface area contributed by atoms with Crippen molar-refractivity contribution < 1.29 is 19.1 Å². The fourth-order valence-corrected chi connectivity index (χ4v) is 2.32. The maximum atomic E-state index is 13.9. The first-order valence-corrected chi connectivity index (χ1v) is 7.81. The Balaban J connectivity index is 2.55. The van der Waals surface area contributed by atoms with Gasteiger partial charge >= 0.3 is 0 Å². The van der Waals surface area contributed by atoms with Crippen LogP contribution < -0.4 is 17.0 Å². The Labute approximate surface area is 141 Å². The third kappa shape index (κ3) is 6.64. The Kier molecular flexibility index (Phi) is 7.81. The Morgan fingerprint density at radius 3 is 2.54 bits per heavy atom. The van der Waals surface area contributed by atoms with Crippen molar-refractivity contribution in [3.8, 4) is 0 Å². The number of nitrogens with two attached hydrogens (primary N) is 2. The summed E-state index contributed by atoms with van der Waals surface area (Å²) in [7, 11) is 0. The molecule has 24 heavy (non-hydrogen) atoms. The minimum absolute atomic E-state index is 0.0508. The lowest BCUT2D eigenvalue weighted by molar-refractivity contribution is -0.131. The predicted molar refractivity (Wildman–Crippen MR) is 88.8 cm³/mol. The zero-order valence-corrected chi connectivity index (χ0v) is 13.7. The quantitative estimate of drug-likeness (QED) is 0.286. The van der Waals surface area contributed by atoms with Gasteiger partial charge in [-0.2, -0.15) is 0 Å². The van der Waals surface area contributed by atoms with Crippen LogP contribution in [0.5, 0.6) is 0 Å². The van der Waals surface area contributed by atoms with Gasteiger partial charge < -0.3 is 10.8 Å². The van der Waals surface area contributed by atoms with E-state index in [4.69, 9.17) is 11.6 Å². The van der Waals surface area contributed by atoms with Gasteiger partial charge in [0.25, 0.3) is 5.91 Å². The summed E-state index contributed by atoms with van der Waals surface area (Å²) in [5.74, 6) is 2.83. The maximum Gasteiger partial charge on any atom is 0.254 e. The molecule has 0 heterocycles. The van der Waals surface area contributed by atoms with Crippen molar-refractivity contribution in [2.75, 3.05) is 0 Å². The highest BCUT2D eigenvalue weighted by atomic mass is 19.1. The van der Waals surface area contributed by atoms with Gasteiger partial charge in [0.1, 0.15) is 0 Å². The van der Waals surface area contributed by atoms with Crippen LogP contribution in [0, 0.1) is 12.3 Å². The van der Waals surface area contributed by atoms with Crippen molar-refractivity contribution in [2.24, 2.45) is 17.5 Å². The van der Waals surface area contributed by atoms with Gasteiger partial charge in [-0.05, 0) is 44.6 Å². The Morgan fingerprint density at radius 1 is 1.38 bits per heavy atom. The Morgan fingerprint density at radius 2 is 2.00 bits per heavy atom. The first-order chi connectivity index (χ1) is 11.3. The Hall–Kier alpha value is -1.99. The van der Waals surface area contributed by atoms with Crippen LogP contribution in [0.15, 0.2) is 30.3 Å². The number of amides is 2. The van der Waals surface area contributed by atoms with E-state index in [1.165, 1.54) is 0 Å². The number of primary amides is 1. The fraction of sp³-hybridized carbons (Fsp3) is 0.471. The van der Waals surface area contributed by atoms with Crippen molar-refractivity contribution in [3.63, 3.8) is 0 Å². The molecule has 133 valence electrons. The molecule has 6 nitrogen and oxygen atoms in total. The Bertz CT molecular complexity index is 537. The van der Waals surface area contributed by atoms with E-state index >= 15 is 0 Å². The first-order valence-electron chi connectivity index (χ1n) is 7.81. The molecule has 1 aromatic rings. The highest BCUT2D eigenvalue weighted by Crippen LogP contribution is 2.24. The molecule has 3 unspecified atom stereocenters. The topological polar surface area (TPSA) is 118 Å². The van der Waals surface area contributed by atoms with Gasteiger partial charge in [0, 0.05) is 5.92 Å². The molecule has 2 amide bonds. The third-order valence-electron chi connectivity index (χ3n) is 3.98. The van der Waals surface area contributed by atoms with Crippen LogP contribution in [0.2, 0.25) is 0 Å². The SMILES string of the molecule is CC(F)(CCC(CC(O)[CH]Cc1ccccc1)C(=O)NN)C(N)=O. The molecular weight excluding hydrogens is 313 g/mol. The van der Waals surface area contributed by atoms with Crippen LogP contribution in [0.1, 0.15) is 31.7 Å². The lowest BCUT2D eigenvalue weighted by Crippen LogP contribution is -2.40. The minimum Gasteiger partial charge on any atom is -0.393 e. The number of aliphatic hydroxyl groups is 1. The van der Waals surface area contributed by atoms with Crippen molar-refractivity contribution >= 4 is 11.8 Å². The van der Waals surface area contributed by atoms with Crippen LogP contribution in [0.4, 0.5) is 4.39 Å². The molecule has 6 N–H and O–H groups in total. The fourth-order valence-electron chi connectivity index (χ4n) is 2.32. The number of alkyl halides is 1. The zero-order valence-electron chi connectivity index (χ0n) is 13.7. The molecule has 0 aromatic heterocycles. The van der Waals surface area contributed by atoms with E-state index in [0.717, 1.165) is 12.5 Å². The average molecular weight is 338 g/mol. The number of aliphatic hydroxyl groups excluding tert-OH is 1. The maximum absolute atomic E-state index is 13.9. The summed E-state index contributed by atoms with van der Waals surface area (Å²) in [6.45, 7) is 1.07. The minimum atomic E-state index is -2.20. The molecule has 3 atom stereocenters. The standard InChI is InChI=1S/C17H25FN3O3/c1-17(18,16(19)24)10-9-13(15(23)21-20)11-14(22)8-7-12-5-3-2-4-6-12/h2-6,8,13-14,22H,7,9-11,20H2,1H3,(H2,19,24)(H,21,23). The second kappa shape index (κ2) is 9.34. The highest BCUT2D eigenvalue weighted by molar-refractivity contribution is 5.83. The molecule has 0 spiro atoms. The van der Waals surface area contributed by atoms with Crippen molar-refractivity contribution in [3.05, 3.63) is 42.3 Å². The summed E-state index contributed by atoms with van der Waals surface area (Å²) in [6, 6.07) is 9.54. The molecule has 0 fully saturated rings. The van der Waals surface area contributed by atoms with Gasteiger partial charge in [-0.25, -0.2) is 10.2 Å². The second-order valence-corrected chi connectivity index (χ2v) is 6.03. The molecule has 0 aliphatic rings. The molecule has 0 aliphatic carbocycles. The van der Waals surface area contributed by atoms with E-state index in [9.17, 15) is 19.1 Å². The van der Waals surface area contributed by atoms with Crippen LogP contribution in [0.3, 0.4) is 0 Å². The van der Waals surface area contributed by atoms with E-state index in [0.29, 0.717) is 6.42 Å². The number of rotatable bonds is 10. The molecule has 7 heteroatoms. The van der Waals surface area contributed by atoms with E-state index < -0.39 is 29.5 Å². The first kappa shape index (κ1) is 20.1. The summed E-state index contributed by atoms with van der Waals surface area (Å²) >= 11 is 0. The van der Waals surface area contributed by atoms with Crippen LogP contribution in [-0.4, -0.2) is 28.7 Å². The summed E-state index contributed by atoms with van der Waals surface area (Å²) in [5.41, 5.74) is 5.82. The van der Waals surface area contributed by atoms with Gasteiger partial charge in [-0.15, -0.1) is 0 Å². The molecular formula is C17H25FN3O3. The predicted octanol–water partition coefficient (Wildman–Crippen LogP) is 0.784. The number of benzene rings is 1. The van der Waals surface area contributed by atoms with E-state index in [1.54, 1.807) is 6.42 Å². The van der Waals surface area contributed by atoms with Gasteiger partial charge in [-0.3, -0.25) is 15.0 Å². The number of hydrogen-bond donors (Lipinski definition) is 4. The smallest absolute Gasteiger partial charge is 0.254 e. The van der Waals surface area contributed by atoms with E-state index in [1.807, 2.05) is 35.8 Å². The van der Waals surface area contributed by atoms with E-state index in [2.05, 4.69) is 0 Å². The number of carbonyl (C=O) groups excluding carboxylic acids is 2. The molecule has 0 saturated carbocycles. The van der Waals surface area contributed by atoms with E-state index in [-0.39, 0.29) is 19.3 Å². The number of nitrogens with one attached hydrogen (secondary N) is 1. The summed E-state index contributed by atoms with van der Waals surface area (Å²) < 4.78 is 13.9. The van der Waals surface area contributed by atoms with Gasteiger partial charge in [0.05, 0.1) is 6.10 Å². The summed E-state index contributed by atoms with van der Waals surface area (Å²) in [5, 5.41) is 10.1. The lowest BCUT2D eigenvalue weighted by atomic mass is 9.89. The number of halogens is 1. The molecule has 0 saturated heterocycles. The molecule has 1 radical (unpaired) electrons. The third-order valence-corrected chi connectivity index (χ3v) is 3.98. The normalized spacial score (nSPS) is 16.0. The van der Waals surface area contributed by atoms with Gasteiger partial charge in [0.15, 0.2) is 5.67 Å². The summed E-state index contributed by atoms with van der Waals surface area (Å²) in [4.78, 5) is 22.8. The van der Waals surface area contributed by atoms with Gasteiger partial charge in [-0.1, -0.05) is 30.3 Å². The second-order valence-electron chi connectivity index (χ2n) is 6.03. The number of hydrogen-bond acceptors (Lipinski definition) is 4. The molecule has 1 rings (SSSR count). The number of carbonyl (C=O) groups is 2. The summed E-state index contributed by atoms with van der Waals surface area (Å²) in [6.07, 6.45) is 1.29. The number of hydrazine groups is 1. The van der Waals surface area contributed by atoms with Crippen LogP contribution in [-0.2, 0) is 16.0 Å². The lowest BCUT2D eigenvalue weighted by Gasteiger charge is -2.22.